The fourth-order valence-electron chi connectivity index (χ4n) is 2.09. The molecule has 0 fully saturated rings. The SMILES string of the molecule is Cc1oc(CNC(C)C)cc1S(=O)(=O)N(C)CC(C)(C)C. The van der Waals surface area contributed by atoms with Gasteiger partial charge in [-0.25, -0.2) is 12.7 Å². The standard InChI is InChI=1S/C15H28N2O3S/c1-11(2)16-9-13-8-14(12(3)20-13)21(18,19)17(7)10-15(4,5)6/h8,11,16H,9-10H2,1-7H3. The number of hydrogen-bond donors (Lipinski definition) is 1. The second kappa shape index (κ2) is 6.50. The zero-order valence-corrected chi connectivity index (χ0v) is 15.0. The zero-order valence-electron chi connectivity index (χ0n) is 14.1. The Morgan fingerprint density at radius 3 is 2.38 bits per heavy atom. The summed E-state index contributed by atoms with van der Waals surface area (Å²) < 4.78 is 32.2. The van der Waals surface area contributed by atoms with Crippen LogP contribution in [0.1, 0.15) is 46.1 Å². The van der Waals surface area contributed by atoms with Crippen molar-refractivity contribution in [3.63, 3.8) is 0 Å². The zero-order chi connectivity index (χ0) is 16.4. The molecule has 0 saturated carbocycles. The number of aryl methyl sites for hydroxylation is 1. The van der Waals surface area contributed by atoms with Crippen LogP contribution in [0.5, 0.6) is 0 Å². The average molecular weight is 316 g/mol. The second-order valence-electron chi connectivity index (χ2n) is 6.99. The van der Waals surface area contributed by atoms with Crippen molar-refractivity contribution in [3.8, 4) is 0 Å². The Morgan fingerprint density at radius 2 is 1.90 bits per heavy atom. The van der Waals surface area contributed by atoms with Crippen molar-refractivity contribution in [2.45, 2.75) is 59.0 Å². The van der Waals surface area contributed by atoms with E-state index in [2.05, 4.69) is 5.32 Å². The van der Waals surface area contributed by atoms with Crippen LogP contribution < -0.4 is 5.32 Å². The van der Waals surface area contributed by atoms with E-state index in [1.807, 2.05) is 34.6 Å². The maximum atomic E-state index is 12.6. The number of hydrogen-bond acceptors (Lipinski definition) is 4. The van der Waals surface area contributed by atoms with Gasteiger partial charge in [-0.3, -0.25) is 0 Å². The molecular weight excluding hydrogens is 288 g/mol. The van der Waals surface area contributed by atoms with Crippen molar-refractivity contribution in [1.82, 2.24) is 9.62 Å². The minimum atomic E-state index is -3.51. The van der Waals surface area contributed by atoms with E-state index in [4.69, 9.17) is 4.42 Å². The van der Waals surface area contributed by atoms with Gasteiger partial charge in [0.15, 0.2) is 0 Å². The van der Waals surface area contributed by atoms with Gasteiger partial charge in [0.1, 0.15) is 16.4 Å². The second-order valence-corrected chi connectivity index (χ2v) is 9.00. The first-order chi connectivity index (χ1) is 9.43. The van der Waals surface area contributed by atoms with E-state index in [0.29, 0.717) is 30.7 Å². The fraction of sp³-hybridized carbons (Fsp3) is 0.733. The van der Waals surface area contributed by atoms with Crippen molar-refractivity contribution in [3.05, 3.63) is 17.6 Å². The van der Waals surface area contributed by atoms with Gasteiger partial charge < -0.3 is 9.73 Å². The largest absolute Gasteiger partial charge is 0.464 e. The van der Waals surface area contributed by atoms with Gasteiger partial charge in [-0.2, -0.15) is 0 Å². The van der Waals surface area contributed by atoms with Crippen LogP contribution in [0.2, 0.25) is 0 Å². The molecule has 0 aliphatic rings. The predicted octanol–water partition coefficient (Wildman–Crippen LogP) is 2.75. The molecule has 1 aromatic heterocycles. The van der Waals surface area contributed by atoms with Crippen LogP contribution in [0.25, 0.3) is 0 Å². The summed E-state index contributed by atoms with van der Waals surface area (Å²) in [6.07, 6.45) is 0. The van der Waals surface area contributed by atoms with E-state index in [-0.39, 0.29) is 10.3 Å². The number of rotatable bonds is 6. The first-order valence-corrected chi connectivity index (χ1v) is 8.66. The highest BCUT2D eigenvalue weighted by Gasteiger charge is 2.28. The van der Waals surface area contributed by atoms with Gasteiger partial charge in [0.2, 0.25) is 10.0 Å². The van der Waals surface area contributed by atoms with Crippen LogP contribution in [-0.2, 0) is 16.6 Å². The minimum Gasteiger partial charge on any atom is -0.464 e. The van der Waals surface area contributed by atoms with Gasteiger partial charge in [-0.1, -0.05) is 34.6 Å². The van der Waals surface area contributed by atoms with E-state index in [1.165, 1.54) is 4.31 Å². The summed E-state index contributed by atoms with van der Waals surface area (Å²) in [5.41, 5.74) is -0.0957. The maximum absolute atomic E-state index is 12.6. The van der Waals surface area contributed by atoms with Crippen molar-refractivity contribution in [2.24, 2.45) is 5.41 Å². The van der Waals surface area contributed by atoms with E-state index >= 15 is 0 Å². The lowest BCUT2D eigenvalue weighted by molar-refractivity contribution is 0.310. The molecule has 0 amide bonds. The van der Waals surface area contributed by atoms with Gasteiger partial charge in [-0.05, 0) is 12.3 Å². The molecule has 0 bridgehead atoms. The first-order valence-electron chi connectivity index (χ1n) is 7.22. The number of sulfonamides is 1. The molecule has 1 aromatic rings. The summed E-state index contributed by atoms with van der Waals surface area (Å²) in [6, 6.07) is 1.94. The monoisotopic (exact) mass is 316 g/mol. The Labute approximate surface area is 128 Å². The van der Waals surface area contributed by atoms with Gasteiger partial charge in [0.05, 0.1) is 6.54 Å². The molecule has 0 spiro atoms. The third kappa shape index (κ3) is 5.13. The highest BCUT2D eigenvalue weighted by Crippen LogP contribution is 2.25. The molecular formula is C15H28N2O3S. The van der Waals surface area contributed by atoms with E-state index in [9.17, 15) is 8.42 Å². The Hall–Kier alpha value is -0.850. The predicted molar refractivity (Wildman–Crippen MR) is 84.7 cm³/mol. The number of nitrogens with one attached hydrogen (secondary N) is 1. The fourth-order valence-corrected chi connectivity index (χ4v) is 3.67. The molecule has 122 valence electrons. The van der Waals surface area contributed by atoms with Gasteiger partial charge in [0.25, 0.3) is 0 Å². The lowest BCUT2D eigenvalue weighted by Gasteiger charge is -2.25. The Balaban J connectivity index is 2.98. The lowest BCUT2D eigenvalue weighted by atomic mass is 9.97. The molecule has 6 heteroatoms. The highest BCUT2D eigenvalue weighted by molar-refractivity contribution is 7.89. The molecule has 1 N–H and O–H groups in total. The quantitative estimate of drug-likeness (QED) is 0.876. The van der Waals surface area contributed by atoms with Crippen molar-refractivity contribution in [2.75, 3.05) is 13.6 Å². The molecule has 1 rings (SSSR count). The normalized spacial score (nSPS) is 13.4. The molecule has 0 radical (unpaired) electrons. The molecule has 0 saturated heterocycles. The summed E-state index contributed by atoms with van der Waals surface area (Å²) in [5, 5.41) is 3.22. The Morgan fingerprint density at radius 1 is 1.33 bits per heavy atom. The van der Waals surface area contributed by atoms with Crippen LogP contribution in [0.15, 0.2) is 15.4 Å². The summed E-state index contributed by atoms with van der Waals surface area (Å²) in [7, 11) is -1.90. The van der Waals surface area contributed by atoms with E-state index in [1.54, 1.807) is 20.0 Å². The van der Waals surface area contributed by atoms with Gasteiger partial charge in [0, 0.05) is 25.7 Å². The molecule has 5 nitrogen and oxygen atoms in total. The lowest BCUT2D eigenvalue weighted by Crippen LogP contribution is -2.34. The van der Waals surface area contributed by atoms with Crippen LogP contribution in [0, 0.1) is 12.3 Å². The smallest absolute Gasteiger partial charge is 0.246 e. The van der Waals surface area contributed by atoms with Crippen molar-refractivity contribution >= 4 is 10.0 Å². The maximum Gasteiger partial charge on any atom is 0.246 e. The van der Waals surface area contributed by atoms with E-state index in [0.717, 1.165) is 0 Å². The third-order valence-electron chi connectivity index (χ3n) is 2.99. The van der Waals surface area contributed by atoms with Gasteiger partial charge >= 0.3 is 0 Å². The van der Waals surface area contributed by atoms with E-state index < -0.39 is 10.0 Å². The molecule has 0 aliphatic carbocycles. The molecule has 0 atom stereocenters. The minimum absolute atomic E-state index is 0.0957. The number of furan rings is 1. The Bertz CT molecular complexity index is 568. The summed E-state index contributed by atoms with van der Waals surface area (Å²) in [5.74, 6) is 1.08. The van der Waals surface area contributed by atoms with Crippen molar-refractivity contribution < 1.29 is 12.8 Å². The summed E-state index contributed by atoms with van der Waals surface area (Å²) in [4.78, 5) is 0.259. The molecule has 21 heavy (non-hydrogen) atoms. The topological polar surface area (TPSA) is 62.6 Å². The molecule has 0 unspecified atom stereocenters. The molecule has 0 aliphatic heterocycles. The first kappa shape index (κ1) is 18.2. The van der Waals surface area contributed by atoms with Crippen molar-refractivity contribution in [1.29, 1.82) is 0 Å². The molecule has 1 heterocycles. The third-order valence-corrected chi connectivity index (χ3v) is 4.90. The summed E-state index contributed by atoms with van der Waals surface area (Å²) >= 11 is 0. The summed E-state index contributed by atoms with van der Waals surface area (Å²) in [6.45, 7) is 12.8. The molecule has 0 aromatic carbocycles. The highest BCUT2D eigenvalue weighted by atomic mass is 32.2. The average Bonchev–Trinajstić information content (AvgIpc) is 2.66. The Kier molecular flexibility index (Phi) is 5.63. The number of nitrogens with zero attached hydrogens (tertiary/aromatic N) is 1. The van der Waals surface area contributed by atoms with Crippen LogP contribution >= 0.6 is 0 Å². The van der Waals surface area contributed by atoms with Gasteiger partial charge in [-0.15, -0.1) is 0 Å². The van der Waals surface area contributed by atoms with Crippen LogP contribution in [-0.4, -0.2) is 32.4 Å². The van der Waals surface area contributed by atoms with Crippen LogP contribution in [0.3, 0.4) is 0 Å². The van der Waals surface area contributed by atoms with Crippen LogP contribution in [0.4, 0.5) is 0 Å².